The van der Waals surface area contributed by atoms with E-state index < -0.39 is 32.1 Å². The third kappa shape index (κ3) is 3.03. The van der Waals surface area contributed by atoms with Crippen LogP contribution in [0.1, 0.15) is 12.8 Å². The van der Waals surface area contributed by atoms with Crippen LogP contribution in [0.5, 0.6) is 0 Å². The third-order valence-corrected chi connectivity index (χ3v) is 4.87. The summed E-state index contributed by atoms with van der Waals surface area (Å²) in [6.45, 7) is 0. The van der Waals surface area contributed by atoms with Crippen LogP contribution in [0.25, 0.3) is 0 Å². The van der Waals surface area contributed by atoms with Gasteiger partial charge in [0.2, 0.25) is 5.91 Å². The average Bonchev–Trinajstić information content (AvgIpc) is 2.35. The minimum Gasteiger partial charge on any atom is -0.327 e. The van der Waals surface area contributed by atoms with E-state index >= 15 is 0 Å². The Morgan fingerprint density at radius 2 is 1.95 bits per heavy atom. The van der Waals surface area contributed by atoms with Crippen molar-refractivity contribution >= 4 is 21.4 Å². The van der Waals surface area contributed by atoms with E-state index in [0.717, 1.165) is 18.2 Å². The van der Waals surface area contributed by atoms with Crippen LogP contribution in [0.2, 0.25) is 0 Å². The summed E-state index contributed by atoms with van der Waals surface area (Å²) in [6.07, 6.45) is 1.31. The van der Waals surface area contributed by atoms with Crippen molar-refractivity contribution in [3.63, 3.8) is 0 Å². The second-order valence-electron chi connectivity index (χ2n) is 4.81. The Bertz CT molecular complexity index is 658. The van der Waals surface area contributed by atoms with Crippen molar-refractivity contribution in [2.45, 2.75) is 29.3 Å². The first kappa shape index (κ1) is 15.8. The van der Waals surface area contributed by atoms with Crippen LogP contribution in [0.4, 0.5) is 18.9 Å². The molecule has 0 radical (unpaired) electrons. The summed E-state index contributed by atoms with van der Waals surface area (Å²) in [5.41, 5.74) is 0.235. The fourth-order valence-corrected chi connectivity index (χ4v) is 2.77. The minimum atomic E-state index is -5.43. The molecule has 1 fully saturated rings. The normalized spacial score (nSPS) is 22.5. The second-order valence-corrected chi connectivity index (χ2v) is 6.76. The summed E-state index contributed by atoms with van der Waals surface area (Å²) in [7, 11) is -5.43. The highest BCUT2D eigenvalue weighted by Gasteiger charge is 2.47. The minimum absolute atomic E-state index is 0.00979. The van der Waals surface area contributed by atoms with Gasteiger partial charge in [0.25, 0.3) is 9.84 Å². The largest absolute Gasteiger partial charge is 0.501 e. The Morgan fingerprint density at radius 3 is 2.43 bits per heavy atom. The Balaban J connectivity index is 2.21. The highest BCUT2D eigenvalue weighted by Crippen LogP contribution is 2.32. The van der Waals surface area contributed by atoms with Gasteiger partial charge < -0.3 is 11.1 Å². The van der Waals surface area contributed by atoms with Crippen LogP contribution in [-0.2, 0) is 14.6 Å². The molecule has 21 heavy (non-hydrogen) atoms. The molecular formula is C12H13F3N2O3S. The highest BCUT2D eigenvalue weighted by atomic mass is 32.2. The first-order valence-electron chi connectivity index (χ1n) is 6.11. The van der Waals surface area contributed by atoms with Crippen molar-refractivity contribution in [2.75, 3.05) is 5.32 Å². The topological polar surface area (TPSA) is 89.3 Å². The van der Waals surface area contributed by atoms with Crippen LogP contribution in [0.3, 0.4) is 0 Å². The number of nitrogens with two attached hydrogens (primary N) is 1. The van der Waals surface area contributed by atoms with Crippen molar-refractivity contribution in [3.05, 3.63) is 24.3 Å². The number of hydrogen-bond donors (Lipinski definition) is 2. The van der Waals surface area contributed by atoms with Gasteiger partial charge in [-0.15, -0.1) is 0 Å². The van der Waals surface area contributed by atoms with E-state index in [4.69, 9.17) is 5.73 Å². The fourth-order valence-electron chi connectivity index (χ4n) is 1.96. The summed E-state index contributed by atoms with van der Waals surface area (Å²) in [6, 6.07) is 3.79. The van der Waals surface area contributed by atoms with E-state index in [1.807, 2.05) is 0 Å². The number of carbonyl (C=O) groups excluding carboxylic acids is 1. The van der Waals surface area contributed by atoms with Gasteiger partial charge in [0, 0.05) is 11.7 Å². The first-order valence-corrected chi connectivity index (χ1v) is 7.59. The van der Waals surface area contributed by atoms with Crippen molar-refractivity contribution in [2.24, 2.45) is 11.7 Å². The molecule has 1 aromatic rings. The summed E-state index contributed by atoms with van der Waals surface area (Å²) in [5.74, 6) is -0.816. The number of alkyl halides is 3. The molecule has 0 heterocycles. The number of rotatable bonds is 3. The van der Waals surface area contributed by atoms with Gasteiger partial charge in [-0.05, 0) is 31.0 Å². The van der Waals surface area contributed by atoms with Gasteiger partial charge in [-0.25, -0.2) is 8.42 Å². The molecular weight excluding hydrogens is 309 g/mol. The first-order chi connectivity index (χ1) is 9.63. The molecule has 2 atom stereocenters. The molecule has 1 saturated carbocycles. The summed E-state index contributed by atoms with van der Waals surface area (Å²) < 4.78 is 60.0. The number of nitrogens with one attached hydrogen (secondary N) is 1. The zero-order valence-corrected chi connectivity index (χ0v) is 11.5. The maximum atomic E-state index is 12.5. The number of hydrogen-bond acceptors (Lipinski definition) is 4. The molecule has 0 aromatic heterocycles. The van der Waals surface area contributed by atoms with Crippen molar-refractivity contribution in [1.82, 2.24) is 0 Å². The lowest BCUT2D eigenvalue weighted by molar-refractivity contribution is -0.122. The van der Waals surface area contributed by atoms with Gasteiger partial charge in [0.15, 0.2) is 0 Å². The molecule has 1 aromatic carbocycles. The molecule has 5 nitrogen and oxygen atoms in total. The van der Waals surface area contributed by atoms with E-state index in [1.54, 1.807) is 0 Å². The lowest BCUT2D eigenvalue weighted by Gasteiger charge is -2.32. The van der Waals surface area contributed by atoms with Gasteiger partial charge >= 0.3 is 5.51 Å². The molecule has 9 heteroatoms. The number of benzene rings is 1. The van der Waals surface area contributed by atoms with Crippen molar-refractivity contribution in [1.29, 1.82) is 0 Å². The number of amides is 1. The van der Waals surface area contributed by atoms with E-state index in [2.05, 4.69) is 5.32 Å². The molecule has 0 bridgehead atoms. The van der Waals surface area contributed by atoms with Crippen LogP contribution >= 0.6 is 0 Å². The molecule has 116 valence electrons. The summed E-state index contributed by atoms with van der Waals surface area (Å²) >= 11 is 0. The third-order valence-electron chi connectivity index (χ3n) is 3.38. The number of halogens is 3. The number of carbonyl (C=O) groups is 1. The SMILES string of the molecule is N[C@H]1CC[C@H]1C(=O)Nc1cccc(S(=O)(=O)C(F)(F)F)c1. The molecule has 0 unspecified atom stereocenters. The Labute approximate surface area is 119 Å². The smallest absolute Gasteiger partial charge is 0.327 e. The standard InChI is InChI=1S/C12H13F3N2O3S/c13-12(14,15)21(19,20)8-3-1-2-7(6-8)17-11(18)9-4-5-10(9)16/h1-3,6,9-10H,4-5,16H2,(H,17,18)/t9-,10+/m1/s1. The van der Waals surface area contributed by atoms with E-state index in [-0.39, 0.29) is 11.7 Å². The average molecular weight is 322 g/mol. The molecule has 2 rings (SSSR count). The molecule has 1 aliphatic rings. The van der Waals surface area contributed by atoms with Crippen molar-refractivity contribution < 1.29 is 26.4 Å². The zero-order chi connectivity index (χ0) is 15.8. The summed E-state index contributed by atoms with van der Waals surface area (Å²) in [5, 5.41) is 2.39. The van der Waals surface area contributed by atoms with Crippen LogP contribution in [0.15, 0.2) is 29.2 Å². The Morgan fingerprint density at radius 1 is 1.29 bits per heavy atom. The van der Waals surface area contributed by atoms with E-state index in [1.165, 1.54) is 6.07 Å². The van der Waals surface area contributed by atoms with Crippen LogP contribution in [-0.4, -0.2) is 25.9 Å². The quantitative estimate of drug-likeness (QED) is 0.885. The van der Waals surface area contributed by atoms with Gasteiger partial charge in [-0.3, -0.25) is 4.79 Å². The predicted molar refractivity (Wildman–Crippen MR) is 69.0 cm³/mol. The van der Waals surface area contributed by atoms with Crippen molar-refractivity contribution in [3.8, 4) is 0 Å². The van der Waals surface area contributed by atoms with Gasteiger partial charge in [0.05, 0.1) is 10.8 Å². The number of sulfone groups is 1. The molecule has 0 saturated heterocycles. The molecule has 1 amide bonds. The van der Waals surface area contributed by atoms with Gasteiger partial charge in [-0.2, -0.15) is 13.2 Å². The van der Waals surface area contributed by atoms with Gasteiger partial charge in [0.1, 0.15) is 0 Å². The Hall–Kier alpha value is -1.61. The highest BCUT2D eigenvalue weighted by molar-refractivity contribution is 7.92. The molecule has 1 aliphatic carbocycles. The Kier molecular flexibility index (Phi) is 3.98. The predicted octanol–water partition coefficient (Wildman–Crippen LogP) is 1.66. The second kappa shape index (κ2) is 5.30. The lowest BCUT2D eigenvalue weighted by Crippen LogP contribution is -2.46. The fraction of sp³-hybridized carbons (Fsp3) is 0.417. The molecule has 0 aliphatic heterocycles. The molecule has 3 N–H and O–H groups in total. The van der Waals surface area contributed by atoms with E-state index in [0.29, 0.717) is 12.8 Å². The van der Waals surface area contributed by atoms with Crippen LogP contribution < -0.4 is 11.1 Å². The summed E-state index contributed by atoms with van der Waals surface area (Å²) in [4.78, 5) is 10.9. The number of anilines is 1. The maximum Gasteiger partial charge on any atom is 0.501 e. The maximum absolute atomic E-state index is 12.5. The zero-order valence-electron chi connectivity index (χ0n) is 10.7. The van der Waals surface area contributed by atoms with Crippen LogP contribution in [0, 0.1) is 5.92 Å². The van der Waals surface area contributed by atoms with E-state index in [9.17, 15) is 26.4 Å². The molecule has 0 spiro atoms. The monoisotopic (exact) mass is 322 g/mol. The van der Waals surface area contributed by atoms with Gasteiger partial charge in [-0.1, -0.05) is 6.07 Å². The lowest BCUT2D eigenvalue weighted by atomic mass is 9.79.